The van der Waals surface area contributed by atoms with Crippen molar-refractivity contribution in [1.82, 2.24) is 25.5 Å². The Morgan fingerprint density at radius 3 is 2.78 bits per heavy atom. The number of para-hydroxylation sites is 1. The smallest absolute Gasteiger partial charge is 0.214 e. The van der Waals surface area contributed by atoms with Gasteiger partial charge in [0.25, 0.3) is 0 Å². The predicted molar refractivity (Wildman–Crippen MR) is 104 cm³/mol. The summed E-state index contributed by atoms with van der Waals surface area (Å²) in [6.45, 7) is 4.47. The first-order valence-corrected chi connectivity index (χ1v) is 9.74. The molecule has 144 valence electrons. The number of halogens is 1. The van der Waals surface area contributed by atoms with Gasteiger partial charge in [-0.2, -0.15) is 4.68 Å². The van der Waals surface area contributed by atoms with Crippen molar-refractivity contribution < 1.29 is 17.1 Å². The first-order chi connectivity index (χ1) is 12.9. The van der Waals surface area contributed by atoms with Crippen LogP contribution >= 0.6 is 11.8 Å². The highest BCUT2D eigenvalue weighted by molar-refractivity contribution is 7.99. The lowest BCUT2D eigenvalue weighted by Gasteiger charge is -2.08. The van der Waals surface area contributed by atoms with Gasteiger partial charge >= 0.3 is 0 Å². The van der Waals surface area contributed by atoms with E-state index in [4.69, 9.17) is 4.74 Å². The summed E-state index contributed by atoms with van der Waals surface area (Å²) < 4.78 is 7.30. The van der Waals surface area contributed by atoms with Crippen molar-refractivity contribution in [3.05, 3.63) is 60.2 Å². The highest BCUT2D eigenvalue weighted by Crippen LogP contribution is 2.18. The van der Waals surface area contributed by atoms with Gasteiger partial charge in [0.1, 0.15) is 5.75 Å². The fourth-order valence-corrected chi connectivity index (χ4v) is 3.34. The van der Waals surface area contributed by atoms with Crippen LogP contribution in [-0.4, -0.2) is 39.1 Å². The van der Waals surface area contributed by atoms with E-state index in [1.54, 1.807) is 16.4 Å². The van der Waals surface area contributed by atoms with Crippen LogP contribution in [-0.2, 0) is 6.54 Å². The number of hydrogen-bond acceptors (Lipinski definition) is 6. The van der Waals surface area contributed by atoms with E-state index >= 15 is 0 Å². The lowest BCUT2D eigenvalue weighted by molar-refractivity contribution is -0.00000601. The maximum Gasteiger partial charge on any atom is 0.214 e. The van der Waals surface area contributed by atoms with E-state index in [0.29, 0.717) is 6.61 Å². The van der Waals surface area contributed by atoms with Gasteiger partial charge in [-0.3, -0.25) is 0 Å². The Hall–Kier alpha value is -2.09. The molecule has 1 aromatic heterocycles. The lowest BCUT2D eigenvalue weighted by Crippen LogP contribution is -3.00. The number of nitrogens with one attached hydrogen (secondary N) is 1. The van der Waals surface area contributed by atoms with E-state index < -0.39 is 0 Å². The summed E-state index contributed by atoms with van der Waals surface area (Å²) in [5.41, 5.74) is 2.21. The van der Waals surface area contributed by atoms with Crippen LogP contribution in [0.4, 0.5) is 0 Å². The molecule has 0 bridgehead atoms. The zero-order chi connectivity index (χ0) is 18.0. The van der Waals surface area contributed by atoms with Crippen LogP contribution in [0.15, 0.2) is 59.8 Å². The van der Waals surface area contributed by atoms with E-state index in [1.165, 1.54) is 5.56 Å². The molecule has 0 radical (unpaired) electrons. The highest BCUT2D eigenvalue weighted by Gasteiger charge is 2.08. The molecular weight excluding hydrogens is 382 g/mol. The molecule has 3 aromatic rings. The molecule has 2 aromatic carbocycles. The second-order valence-electron chi connectivity index (χ2n) is 5.67. The summed E-state index contributed by atoms with van der Waals surface area (Å²) in [4.78, 5) is 0. The molecule has 0 amide bonds. The molecule has 8 heteroatoms. The molecule has 27 heavy (non-hydrogen) atoms. The molecule has 1 heterocycles. The summed E-state index contributed by atoms with van der Waals surface area (Å²) in [6, 6.07) is 18.2. The van der Waals surface area contributed by atoms with Crippen molar-refractivity contribution in [3.8, 4) is 11.4 Å². The monoisotopic (exact) mass is 404 g/mol. The van der Waals surface area contributed by atoms with Crippen LogP contribution in [0.5, 0.6) is 5.75 Å². The van der Waals surface area contributed by atoms with Gasteiger partial charge in [-0.25, -0.2) is 0 Å². The fourth-order valence-electron chi connectivity index (χ4n) is 2.51. The van der Waals surface area contributed by atoms with Gasteiger partial charge in [0, 0.05) is 12.3 Å². The van der Waals surface area contributed by atoms with E-state index in [9.17, 15) is 0 Å². The minimum Gasteiger partial charge on any atom is -1.00 e. The second-order valence-corrected chi connectivity index (χ2v) is 6.73. The lowest BCUT2D eigenvalue weighted by atomic mass is 10.2. The first kappa shape index (κ1) is 21.2. The Bertz CT molecular complexity index is 800. The van der Waals surface area contributed by atoms with E-state index in [2.05, 4.69) is 33.0 Å². The fraction of sp³-hybridized carbons (Fsp3) is 0.316. The van der Waals surface area contributed by atoms with Gasteiger partial charge in [-0.15, -0.1) is 5.10 Å². The summed E-state index contributed by atoms with van der Waals surface area (Å²) in [6.07, 6.45) is 1.04. The zero-order valence-electron chi connectivity index (χ0n) is 15.2. The van der Waals surface area contributed by atoms with Gasteiger partial charge < -0.3 is 22.5 Å². The van der Waals surface area contributed by atoms with E-state index in [-0.39, 0.29) is 12.4 Å². The van der Waals surface area contributed by atoms with Crippen molar-refractivity contribution in [3.63, 3.8) is 0 Å². The number of benzene rings is 2. The Balaban J connectivity index is 0.00000261. The maximum absolute atomic E-state index is 5.53. The molecule has 0 atom stereocenters. The number of rotatable bonds is 10. The van der Waals surface area contributed by atoms with Gasteiger partial charge in [0.05, 0.1) is 12.3 Å². The average molecular weight is 405 g/mol. The average Bonchev–Trinajstić information content (AvgIpc) is 3.14. The molecular formula is C19H23ClN5OS-. The molecule has 6 nitrogen and oxygen atoms in total. The third-order valence-corrected chi connectivity index (χ3v) is 4.71. The molecule has 3 rings (SSSR count). The van der Waals surface area contributed by atoms with Crippen LogP contribution in [0.2, 0.25) is 0 Å². The zero-order valence-corrected chi connectivity index (χ0v) is 16.8. The summed E-state index contributed by atoms with van der Waals surface area (Å²) in [5, 5.41) is 16.3. The molecule has 0 saturated heterocycles. The number of thioether (sulfide) groups is 1. The number of ether oxygens (including phenoxy) is 1. The molecule has 0 aliphatic rings. The van der Waals surface area contributed by atoms with Crippen molar-refractivity contribution in [2.75, 3.05) is 18.9 Å². The predicted octanol–water partition coefficient (Wildman–Crippen LogP) is 0.337. The Morgan fingerprint density at radius 1 is 1.11 bits per heavy atom. The number of aromatic nitrogens is 4. The maximum atomic E-state index is 5.53. The Labute approximate surface area is 170 Å². The minimum atomic E-state index is 0. The molecule has 1 N–H and O–H groups in total. The number of nitrogens with zero attached hydrogens (tertiary/aromatic N) is 4. The SMILES string of the molecule is CCOc1cccc(CNCCCSc2nnnn2-c2ccccc2)c1.[Cl-]. The normalized spacial score (nSPS) is 10.4. The quantitative estimate of drug-likeness (QED) is 0.388. The molecule has 0 unspecified atom stereocenters. The molecule has 0 saturated carbocycles. The molecule has 0 aliphatic heterocycles. The molecule has 0 aliphatic carbocycles. The largest absolute Gasteiger partial charge is 1.00 e. The van der Waals surface area contributed by atoms with Crippen LogP contribution in [0.1, 0.15) is 18.9 Å². The van der Waals surface area contributed by atoms with Gasteiger partial charge in [-0.05, 0) is 60.1 Å². The van der Waals surface area contributed by atoms with E-state index in [0.717, 1.165) is 41.9 Å². The third-order valence-electron chi connectivity index (χ3n) is 3.71. The first-order valence-electron chi connectivity index (χ1n) is 8.76. The van der Waals surface area contributed by atoms with Crippen LogP contribution in [0.25, 0.3) is 5.69 Å². The Morgan fingerprint density at radius 2 is 1.96 bits per heavy atom. The Kier molecular flexibility index (Phi) is 9.10. The number of hydrogen-bond donors (Lipinski definition) is 1. The van der Waals surface area contributed by atoms with Gasteiger partial charge in [0.2, 0.25) is 5.16 Å². The molecule has 0 fully saturated rings. The minimum absolute atomic E-state index is 0. The van der Waals surface area contributed by atoms with Crippen molar-refractivity contribution in [2.24, 2.45) is 0 Å². The van der Waals surface area contributed by atoms with Crippen LogP contribution < -0.4 is 22.5 Å². The third kappa shape index (κ3) is 6.53. The highest BCUT2D eigenvalue weighted by atomic mass is 35.5. The van der Waals surface area contributed by atoms with Gasteiger partial charge in [-0.1, -0.05) is 42.1 Å². The number of tetrazole rings is 1. The van der Waals surface area contributed by atoms with Crippen LogP contribution in [0.3, 0.4) is 0 Å². The van der Waals surface area contributed by atoms with Crippen molar-refractivity contribution in [1.29, 1.82) is 0 Å². The topological polar surface area (TPSA) is 64.9 Å². The summed E-state index contributed by atoms with van der Waals surface area (Å²) >= 11 is 1.67. The molecule has 0 spiro atoms. The second kappa shape index (κ2) is 11.6. The standard InChI is InChI=1S/C19H23N5OS.ClH/c1-2-25-18-11-6-8-16(14-18)15-20-12-7-13-26-19-21-22-23-24(19)17-9-4-3-5-10-17;/h3-6,8-11,14,20H,2,7,12-13,15H2,1H3;1H/p-1. The van der Waals surface area contributed by atoms with E-state index in [1.807, 2.05) is 49.4 Å². The van der Waals surface area contributed by atoms with Crippen LogP contribution in [0, 0.1) is 0 Å². The van der Waals surface area contributed by atoms with Gasteiger partial charge in [0.15, 0.2) is 0 Å². The van der Waals surface area contributed by atoms with Crippen molar-refractivity contribution in [2.45, 2.75) is 25.0 Å². The summed E-state index contributed by atoms with van der Waals surface area (Å²) in [5.74, 6) is 1.88. The summed E-state index contributed by atoms with van der Waals surface area (Å²) in [7, 11) is 0. The van der Waals surface area contributed by atoms with Crippen molar-refractivity contribution >= 4 is 11.8 Å².